The van der Waals surface area contributed by atoms with Crippen molar-refractivity contribution in [2.45, 2.75) is 79.9 Å². The number of hydrogen-bond donors (Lipinski definition) is 2. The number of nitrogens with zero attached hydrogens (tertiary/aromatic N) is 3. The van der Waals surface area contributed by atoms with Gasteiger partial charge in [0.2, 0.25) is 6.67 Å². The predicted molar refractivity (Wildman–Crippen MR) is 151 cm³/mol. The highest BCUT2D eigenvalue weighted by Crippen LogP contribution is 2.08. The van der Waals surface area contributed by atoms with Crippen LogP contribution in [0.5, 0.6) is 0 Å². The summed E-state index contributed by atoms with van der Waals surface area (Å²) in [6.45, 7) is 8.11. The third-order valence-corrected chi connectivity index (χ3v) is 3.28. The first kappa shape index (κ1) is 63.1. The van der Waals surface area contributed by atoms with E-state index in [1.165, 1.54) is 0 Å². The zero-order valence-corrected chi connectivity index (χ0v) is 15.8. The summed E-state index contributed by atoms with van der Waals surface area (Å²) in [4.78, 5) is 11.6. The fourth-order valence-electron chi connectivity index (χ4n) is 2.84. The molecule has 0 saturated carbocycles. The van der Waals surface area contributed by atoms with Crippen molar-refractivity contribution in [1.82, 2.24) is 5.32 Å². The van der Waals surface area contributed by atoms with Gasteiger partial charge in [-0.2, -0.15) is 0 Å². The number of likely N-dealkylation sites (N-methyl/N-ethyl adjacent to an activating group) is 2. The topological polar surface area (TPSA) is 49.3 Å². The highest BCUT2D eigenvalue weighted by atomic mass is 16.3. The van der Waals surface area contributed by atoms with E-state index in [2.05, 4.69) is 61.2 Å². The van der Waals surface area contributed by atoms with Gasteiger partial charge in [-0.3, -0.25) is 13.8 Å². The summed E-state index contributed by atoms with van der Waals surface area (Å²) in [5, 5.41) is 13.2. The monoisotopic (exact) mass is 462 g/mol. The number of hydrogen-bond acceptors (Lipinski definition) is 2. The van der Waals surface area contributed by atoms with Crippen molar-refractivity contribution in [2.75, 3.05) is 75.8 Å². The lowest BCUT2D eigenvalue weighted by Gasteiger charge is -2.40. The molecule has 31 heavy (non-hydrogen) atoms. The number of carbonyl (C=O) groups is 1. The molecule has 6 heteroatoms. The molecule has 0 radical (unpaired) electrons. The average Bonchev–Trinajstić information content (AvgIpc) is 2.19. The van der Waals surface area contributed by atoms with Crippen molar-refractivity contribution >= 4 is 5.91 Å². The molecule has 0 rings (SSSR count). The average molecular weight is 462 g/mol. The molecule has 6 nitrogen and oxygen atoms in total. The van der Waals surface area contributed by atoms with Crippen LogP contribution in [-0.4, -0.2) is 106 Å². The van der Waals surface area contributed by atoms with Crippen molar-refractivity contribution in [3.63, 3.8) is 0 Å². The molecule has 1 atom stereocenters. The second kappa shape index (κ2) is 23.7. The number of amides is 1. The lowest BCUT2D eigenvalue weighted by molar-refractivity contribution is -1.07. The van der Waals surface area contributed by atoms with Gasteiger partial charge >= 0.3 is 0 Å². The minimum absolute atomic E-state index is 0. The van der Waals surface area contributed by atoms with Gasteiger partial charge < -0.3 is 14.9 Å². The van der Waals surface area contributed by atoms with Crippen molar-refractivity contribution in [3.8, 4) is 0 Å². The molecule has 0 saturated heterocycles. The number of aliphatic hydroxyl groups is 1. The maximum atomic E-state index is 11.6. The summed E-state index contributed by atoms with van der Waals surface area (Å²) >= 11 is 0. The van der Waals surface area contributed by atoms with Gasteiger partial charge in [0.25, 0.3) is 5.91 Å². The van der Waals surface area contributed by atoms with Gasteiger partial charge in [-0.15, -0.1) is 0 Å². The van der Waals surface area contributed by atoms with Gasteiger partial charge in [0.1, 0.15) is 13.1 Å². The van der Waals surface area contributed by atoms with Crippen molar-refractivity contribution in [2.24, 2.45) is 0 Å². The summed E-state index contributed by atoms with van der Waals surface area (Å²) in [6.07, 6.45) is -0.347. The molecular weight excluding hydrogens is 388 g/mol. The highest BCUT2D eigenvalue weighted by molar-refractivity contribution is 5.91. The Balaban J connectivity index is -0.0000000612. The molecule has 0 bridgehead atoms. The Morgan fingerprint density at radius 3 is 1.42 bits per heavy atom. The van der Waals surface area contributed by atoms with Crippen molar-refractivity contribution < 1.29 is 23.4 Å². The lowest BCUT2D eigenvalue weighted by Crippen LogP contribution is -2.61. The van der Waals surface area contributed by atoms with Gasteiger partial charge in [0.15, 0.2) is 12.8 Å². The van der Waals surface area contributed by atoms with Crippen LogP contribution in [0.1, 0.15) is 73.8 Å². The Hall–Kier alpha value is -0.950. The quantitative estimate of drug-likeness (QED) is 0.269. The van der Waals surface area contributed by atoms with Crippen LogP contribution in [0.25, 0.3) is 0 Å². The molecule has 0 aliphatic heterocycles. The number of rotatable bonds is 9. The van der Waals surface area contributed by atoms with E-state index in [4.69, 9.17) is 0 Å². The normalized spacial score (nSPS) is 10.4. The van der Waals surface area contributed by atoms with Gasteiger partial charge in [-0.25, -0.2) is 0 Å². The van der Waals surface area contributed by atoms with Crippen LogP contribution in [0.2, 0.25) is 0 Å². The van der Waals surface area contributed by atoms with E-state index < -0.39 is 0 Å². The minimum Gasteiger partial charge on any atom is -0.382 e. The van der Waals surface area contributed by atoms with Gasteiger partial charge in [-0.05, 0) is 6.92 Å². The third-order valence-electron chi connectivity index (χ3n) is 3.28. The van der Waals surface area contributed by atoms with Crippen LogP contribution in [0.4, 0.5) is 0 Å². The molecule has 0 fully saturated rings. The number of quaternary nitrogens is 3. The van der Waals surface area contributed by atoms with Crippen molar-refractivity contribution in [1.29, 1.82) is 0 Å². The largest absolute Gasteiger partial charge is 0.382 e. The molecule has 1 amide bonds. The summed E-state index contributed by atoms with van der Waals surface area (Å²) in [5.41, 5.74) is 0.520. The zero-order chi connectivity index (χ0) is 17.8. The van der Waals surface area contributed by atoms with Gasteiger partial charge in [0.05, 0.1) is 49.3 Å². The van der Waals surface area contributed by atoms with E-state index in [0.717, 1.165) is 17.7 Å². The molecule has 0 aliphatic rings. The fourth-order valence-corrected chi connectivity index (χ4v) is 2.84. The summed E-state index contributed by atoms with van der Waals surface area (Å²) < 4.78 is 2.08. The maximum absolute atomic E-state index is 11.6. The second-order valence-electron chi connectivity index (χ2n) is 8.77. The third kappa shape index (κ3) is 33.9. The predicted octanol–water partition coefficient (Wildman–Crippen LogP) is 5.54. The molecule has 0 aromatic rings. The summed E-state index contributed by atoms with van der Waals surface area (Å²) in [6, 6.07) is 0. The molecular formula is C25H73N4O2+3. The van der Waals surface area contributed by atoms with Crippen LogP contribution in [0, 0.1) is 0 Å². The first-order chi connectivity index (χ1) is 9.64. The summed E-state index contributed by atoms with van der Waals surface area (Å²) in [7, 11) is 14.6. The first-order valence-electron chi connectivity index (χ1n) is 7.70. The Morgan fingerprint density at radius 2 is 1.13 bits per heavy atom. The zero-order valence-electron chi connectivity index (χ0n) is 15.8. The molecule has 0 aromatic carbocycles. The van der Waals surface area contributed by atoms with Crippen LogP contribution in [-0.2, 0) is 4.79 Å². The van der Waals surface area contributed by atoms with Crippen LogP contribution in [0.15, 0.2) is 12.2 Å². The Morgan fingerprint density at radius 1 is 0.774 bits per heavy atom. The number of carbonyl (C=O) groups excluding carboxylic acids is 1. The standard InChI is InChI=1S/C16H36N4O2.9CH4/c1-14(2)16(22)17-12-20(8,9)13-19(6,7)11-15(21)10-18(3,4)5;;;;;;;;;/h15,21H,1,10-13H2,2-9H3;9*1H4/q+2;;;;;;;;;/p+1. The number of nitrogens with one attached hydrogen (secondary N) is 1. The Bertz CT molecular complexity index is 401. The van der Waals surface area contributed by atoms with E-state index in [1.54, 1.807) is 6.92 Å². The molecule has 2 N–H and O–H groups in total. The number of aliphatic hydroxyl groups excluding tert-OH is 1. The maximum Gasteiger partial charge on any atom is 0.250 e. The second-order valence-corrected chi connectivity index (χ2v) is 8.77. The van der Waals surface area contributed by atoms with Crippen LogP contribution in [0.3, 0.4) is 0 Å². The smallest absolute Gasteiger partial charge is 0.250 e. The minimum atomic E-state index is -0.347. The molecule has 0 aliphatic carbocycles. The van der Waals surface area contributed by atoms with E-state index in [1.807, 2.05) is 0 Å². The first-order valence-corrected chi connectivity index (χ1v) is 7.70. The Kier molecular flexibility index (Phi) is 48.2. The molecule has 0 spiro atoms. The fraction of sp³-hybridized carbons (Fsp3) is 0.880. The van der Waals surface area contributed by atoms with E-state index in [-0.39, 0.29) is 78.9 Å². The van der Waals surface area contributed by atoms with Crippen molar-refractivity contribution in [3.05, 3.63) is 12.2 Å². The van der Waals surface area contributed by atoms with E-state index in [0.29, 0.717) is 27.8 Å². The molecule has 202 valence electrons. The van der Waals surface area contributed by atoms with Gasteiger partial charge in [-0.1, -0.05) is 73.4 Å². The molecule has 0 heterocycles. The Labute approximate surface area is 202 Å². The van der Waals surface area contributed by atoms with Crippen LogP contribution >= 0.6 is 0 Å². The van der Waals surface area contributed by atoms with E-state index in [9.17, 15) is 9.90 Å². The van der Waals surface area contributed by atoms with E-state index >= 15 is 0 Å². The molecule has 0 aromatic heterocycles. The van der Waals surface area contributed by atoms with Crippen LogP contribution < -0.4 is 5.32 Å². The van der Waals surface area contributed by atoms with Gasteiger partial charge in [0, 0.05) is 5.57 Å². The highest BCUT2D eigenvalue weighted by Gasteiger charge is 2.31. The molecule has 1 unspecified atom stereocenters. The lowest BCUT2D eigenvalue weighted by atomic mass is 10.2. The SMILES string of the molecule is C.C.C.C.C.C.C.C.C.C=C(C)C(=O)NC[N+](C)(C)C[N+](C)(C)CC(O)C[N+](C)(C)C. The summed E-state index contributed by atoms with van der Waals surface area (Å²) in [5.74, 6) is -0.110.